The van der Waals surface area contributed by atoms with Gasteiger partial charge in [0, 0.05) is 17.3 Å². The molecule has 7 heteroatoms. The van der Waals surface area contributed by atoms with Crippen molar-refractivity contribution in [3.63, 3.8) is 0 Å². The molecule has 17 heavy (non-hydrogen) atoms. The number of nitrogens with one attached hydrogen (secondary N) is 1. The van der Waals surface area contributed by atoms with E-state index in [2.05, 4.69) is 20.7 Å². The predicted molar refractivity (Wildman–Crippen MR) is 73.5 cm³/mol. The fraction of sp³-hybridized carbons (Fsp3) is 0.600. The Balaban J connectivity index is 2.80. The molecule has 1 unspecified atom stereocenters. The molecule has 0 aromatic carbocycles. The van der Waals surface area contributed by atoms with Crippen LogP contribution in [-0.2, 0) is 21.2 Å². The number of rotatable bonds is 7. The van der Waals surface area contributed by atoms with Gasteiger partial charge in [0.25, 0.3) is 0 Å². The Kier molecular flexibility index (Phi) is 6.08. The van der Waals surface area contributed by atoms with Crippen LogP contribution in [0.25, 0.3) is 0 Å². The number of aryl methyl sites for hydroxylation is 1. The SMILES string of the molecule is CCc1ccc(S(=O)(=O)NC(CBr)COC)s1. The summed E-state index contributed by atoms with van der Waals surface area (Å²) in [7, 11) is -1.88. The molecule has 0 spiro atoms. The van der Waals surface area contributed by atoms with E-state index in [9.17, 15) is 8.42 Å². The highest BCUT2D eigenvalue weighted by Gasteiger charge is 2.20. The summed E-state index contributed by atoms with van der Waals surface area (Å²) in [4.78, 5) is 1.06. The van der Waals surface area contributed by atoms with Gasteiger partial charge >= 0.3 is 0 Å². The van der Waals surface area contributed by atoms with E-state index in [1.165, 1.54) is 11.3 Å². The zero-order valence-electron chi connectivity index (χ0n) is 9.77. The van der Waals surface area contributed by atoms with Gasteiger partial charge in [-0.3, -0.25) is 0 Å². The second-order valence-electron chi connectivity index (χ2n) is 3.50. The molecule has 0 fully saturated rings. The summed E-state index contributed by atoms with van der Waals surface area (Å²) in [5.74, 6) is 0. The lowest BCUT2D eigenvalue weighted by molar-refractivity contribution is 0.182. The smallest absolute Gasteiger partial charge is 0.250 e. The number of thiophene rings is 1. The van der Waals surface area contributed by atoms with Crippen LogP contribution in [0.15, 0.2) is 16.3 Å². The van der Waals surface area contributed by atoms with Gasteiger partial charge in [0.15, 0.2) is 0 Å². The molecule has 1 N–H and O–H groups in total. The monoisotopic (exact) mass is 341 g/mol. The molecule has 0 bridgehead atoms. The van der Waals surface area contributed by atoms with Gasteiger partial charge in [-0.05, 0) is 18.6 Å². The minimum absolute atomic E-state index is 0.253. The lowest BCUT2D eigenvalue weighted by Crippen LogP contribution is -2.38. The van der Waals surface area contributed by atoms with Crippen LogP contribution in [0.3, 0.4) is 0 Å². The average molecular weight is 342 g/mol. The van der Waals surface area contributed by atoms with Crippen molar-refractivity contribution in [1.29, 1.82) is 0 Å². The Morgan fingerprint density at radius 1 is 1.53 bits per heavy atom. The van der Waals surface area contributed by atoms with Gasteiger partial charge in [0.1, 0.15) is 4.21 Å². The molecular weight excluding hydrogens is 326 g/mol. The molecular formula is C10H16BrNO3S2. The van der Waals surface area contributed by atoms with Crippen molar-refractivity contribution < 1.29 is 13.2 Å². The van der Waals surface area contributed by atoms with Gasteiger partial charge in [0.2, 0.25) is 10.0 Å². The van der Waals surface area contributed by atoms with Crippen molar-refractivity contribution >= 4 is 37.3 Å². The van der Waals surface area contributed by atoms with Crippen molar-refractivity contribution in [3.8, 4) is 0 Å². The predicted octanol–water partition coefficient (Wildman–Crippen LogP) is 2.00. The standard InChI is InChI=1S/C10H16BrNO3S2/c1-3-9-4-5-10(16-9)17(13,14)12-8(6-11)7-15-2/h4-5,8,12H,3,6-7H2,1-2H3. The number of hydrogen-bond donors (Lipinski definition) is 1. The largest absolute Gasteiger partial charge is 0.383 e. The highest BCUT2D eigenvalue weighted by atomic mass is 79.9. The van der Waals surface area contributed by atoms with Gasteiger partial charge in [-0.25, -0.2) is 13.1 Å². The lowest BCUT2D eigenvalue weighted by Gasteiger charge is -2.14. The van der Waals surface area contributed by atoms with Crippen molar-refractivity contribution in [2.75, 3.05) is 19.0 Å². The van der Waals surface area contributed by atoms with E-state index >= 15 is 0 Å². The number of methoxy groups -OCH3 is 1. The minimum atomic E-state index is -3.42. The summed E-state index contributed by atoms with van der Waals surface area (Å²) in [6.45, 7) is 2.35. The summed E-state index contributed by atoms with van der Waals surface area (Å²) in [5.41, 5.74) is 0. The Morgan fingerprint density at radius 3 is 2.71 bits per heavy atom. The third kappa shape index (κ3) is 4.33. The van der Waals surface area contributed by atoms with Crippen LogP contribution in [0.4, 0.5) is 0 Å². The fourth-order valence-electron chi connectivity index (χ4n) is 1.28. The molecule has 0 aliphatic heterocycles. The van der Waals surface area contributed by atoms with Crippen molar-refractivity contribution in [1.82, 2.24) is 4.72 Å². The summed E-state index contributed by atoms with van der Waals surface area (Å²) < 4.78 is 32.0. The van der Waals surface area contributed by atoms with Crippen LogP contribution in [0.1, 0.15) is 11.8 Å². The Bertz CT molecular complexity index is 444. The van der Waals surface area contributed by atoms with Crippen molar-refractivity contribution in [2.24, 2.45) is 0 Å². The number of alkyl halides is 1. The molecule has 0 radical (unpaired) electrons. The molecule has 1 atom stereocenters. The van der Waals surface area contributed by atoms with Crippen LogP contribution < -0.4 is 4.72 Å². The summed E-state index contributed by atoms with van der Waals surface area (Å²) >= 11 is 4.56. The molecule has 0 amide bonds. The maximum absolute atomic E-state index is 12.0. The summed E-state index contributed by atoms with van der Waals surface area (Å²) in [6.07, 6.45) is 0.847. The Morgan fingerprint density at radius 2 is 2.24 bits per heavy atom. The van der Waals surface area contributed by atoms with E-state index in [0.29, 0.717) is 16.1 Å². The Labute approximate surface area is 115 Å². The summed E-state index contributed by atoms with van der Waals surface area (Å²) in [5, 5.41) is 0.520. The minimum Gasteiger partial charge on any atom is -0.383 e. The van der Waals surface area contributed by atoms with E-state index in [0.717, 1.165) is 11.3 Å². The van der Waals surface area contributed by atoms with E-state index in [-0.39, 0.29) is 6.04 Å². The van der Waals surface area contributed by atoms with Gasteiger partial charge in [-0.1, -0.05) is 22.9 Å². The van der Waals surface area contributed by atoms with Crippen LogP contribution >= 0.6 is 27.3 Å². The first-order valence-electron chi connectivity index (χ1n) is 5.19. The highest BCUT2D eigenvalue weighted by molar-refractivity contribution is 9.09. The maximum atomic E-state index is 12.0. The molecule has 1 rings (SSSR count). The van der Waals surface area contributed by atoms with Gasteiger partial charge in [0.05, 0.1) is 12.6 Å². The maximum Gasteiger partial charge on any atom is 0.250 e. The van der Waals surface area contributed by atoms with E-state index in [4.69, 9.17) is 4.74 Å². The summed E-state index contributed by atoms with van der Waals surface area (Å²) in [6, 6.07) is 3.24. The third-order valence-corrected chi connectivity index (χ3v) is 6.15. The van der Waals surface area contributed by atoms with Crippen molar-refractivity contribution in [3.05, 3.63) is 17.0 Å². The quantitative estimate of drug-likeness (QED) is 0.771. The highest BCUT2D eigenvalue weighted by Crippen LogP contribution is 2.22. The van der Waals surface area contributed by atoms with E-state index in [1.54, 1.807) is 13.2 Å². The van der Waals surface area contributed by atoms with Gasteiger partial charge in [-0.2, -0.15) is 0 Å². The fourth-order valence-corrected chi connectivity index (χ4v) is 4.38. The molecule has 0 saturated heterocycles. The molecule has 0 aliphatic carbocycles. The zero-order chi connectivity index (χ0) is 12.9. The second kappa shape index (κ2) is 6.84. The first-order chi connectivity index (χ1) is 8.03. The van der Waals surface area contributed by atoms with E-state index in [1.807, 2.05) is 13.0 Å². The zero-order valence-corrected chi connectivity index (χ0v) is 13.0. The lowest BCUT2D eigenvalue weighted by atomic mass is 10.4. The first kappa shape index (κ1) is 15.1. The van der Waals surface area contributed by atoms with E-state index < -0.39 is 10.0 Å². The van der Waals surface area contributed by atoms with Crippen LogP contribution in [0.5, 0.6) is 0 Å². The topological polar surface area (TPSA) is 55.4 Å². The molecule has 0 saturated carbocycles. The number of sulfonamides is 1. The number of halogens is 1. The Hall–Kier alpha value is 0.0500. The average Bonchev–Trinajstić information content (AvgIpc) is 2.77. The normalized spacial score (nSPS) is 13.8. The number of hydrogen-bond acceptors (Lipinski definition) is 4. The first-order valence-corrected chi connectivity index (χ1v) is 8.61. The molecule has 98 valence electrons. The molecule has 0 aliphatic rings. The van der Waals surface area contributed by atoms with Crippen LogP contribution in [0.2, 0.25) is 0 Å². The van der Waals surface area contributed by atoms with Crippen LogP contribution in [-0.4, -0.2) is 33.5 Å². The van der Waals surface area contributed by atoms with Gasteiger partial charge < -0.3 is 4.74 Å². The molecule has 1 heterocycles. The van der Waals surface area contributed by atoms with Gasteiger partial charge in [-0.15, -0.1) is 11.3 Å². The van der Waals surface area contributed by atoms with Crippen molar-refractivity contribution in [2.45, 2.75) is 23.6 Å². The molecule has 1 aromatic heterocycles. The van der Waals surface area contributed by atoms with Crippen LogP contribution in [0, 0.1) is 0 Å². The number of ether oxygens (including phenoxy) is 1. The second-order valence-corrected chi connectivity index (χ2v) is 7.26. The third-order valence-electron chi connectivity index (χ3n) is 2.13. The molecule has 4 nitrogen and oxygen atoms in total. The molecule has 1 aromatic rings.